The van der Waals surface area contributed by atoms with Crippen LogP contribution in [0, 0.1) is 0 Å². The molecule has 1 fully saturated rings. The number of likely N-dealkylation sites (tertiary alicyclic amines) is 1. The quantitative estimate of drug-likeness (QED) is 0.243. The molecule has 8 nitrogen and oxygen atoms in total. The molecular formula is C23H25NO7. The summed E-state index contributed by atoms with van der Waals surface area (Å²) in [7, 11) is 0. The minimum atomic E-state index is -0.843. The van der Waals surface area contributed by atoms with Crippen LogP contribution in [0.3, 0.4) is 0 Å². The Morgan fingerprint density at radius 1 is 1.03 bits per heavy atom. The smallest absolute Gasteiger partial charge is 0.295 e. The first-order valence-electron chi connectivity index (χ1n) is 9.97. The fourth-order valence-corrected chi connectivity index (χ4v) is 3.47. The molecule has 3 N–H and O–H groups in total. The number of aliphatic hydroxyl groups is 2. The van der Waals surface area contributed by atoms with Gasteiger partial charge in [0.25, 0.3) is 11.7 Å². The van der Waals surface area contributed by atoms with Gasteiger partial charge in [0, 0.05) is 12.1 Å². The van der Waals surface area contributed by atoms with Crippen LogP contribution in [-0.4, -0.2) is 64.9 Å². The molecule has 164 valence electrons. The second-order valence-corrected chi connectivity index (χ2v) is 6.88. The summed E-state index contributed by atoms with van der Waals surface area (Å²) in [4.78, 5) is 27.0. The van der Waals surface area contributed by atoms with Crippen molar-refractivity contribution in [1.82, 2.24) is 4.90 Å². The third kappa shape index (κ3) is 4.87. The molecule has 0 spiro atoms. The Hall–Kier alpha value is -3.36. The minimum Gasteiger partial charge on any atom is -0.508 e. The van der Waals surface area contributed by atoms with Crippen molar-refractivity contribution in [2.24, 2.45) is 0 Å². The predicted molar refractivity (Wildman–Crippen MR) is 113 cm³/mol. The van der Waals surface area contributed by atoms with Gasteiger partial charge in [-0.1, -0.05) is 12.1 Å². The van der Waals surface area contributed by atoms with E-state index in [1.807, 2.05) is 6.92 Å². The summed E-state index contributed by atoms with van der Waals surface area (Å²) in [6.07, 6.45) is 0. The lowest BCUT2D eigenvalue weighted by molar-refractivity contribution is -0.140. The first kappa shape index (κ1) is 22.3. The zero-order valence-corrected chi connectivity index (χ0v) is 17.2. The summed E-state index contributed by atoms with van der Waals surface area (Å²) in [6, 6.07) is 11.8. The SMILES string of the molecule is CCOc1ccc(/C(O)=C2/C(=O)C(=O)N(CCOCCO)C2c2ccc(O)cc2)cc1. The Balaban J connectivity index is 2.02. The number of hydrogen-bond acceptors (Lipinski definition) is 7. The highest BCUT2D eigenvalue weighted by molar-refractivity contribution is 6.46. The number of aliphatic hydroxyl groups excluding tert-OH is 2. The van der Waals surface area contributed by atoms with Crippen LogP contribution >= 0.6 is 0 Å². The highest BCUT2D eigenvalue weighted by Gasteiger charge is 2.45. The summed E-state index contributed by atoms with van der Waals surface area (Å²) < 4.78 is 10.7. The topological polar surface area (TPSA) is 117 Å². The zero-order valence-electron chi connectivity index (χ0n) is 17.2. The van der Waals surface area contributed by atoms with E-state index in [4.69, 9.17) is 14.6 Å². The number of aromatic hydroxyl groups is 1. The van der Waals surface area contributed by atoms with Gasteiger partial charge in [-0.3, -0.25) is 9.59 Å². The number of Topliss-reactive ketones (excluding diaryl/α,β-unsaturated/α-hetero) is 1. The highest BCUT2D eigenvalue weighted by Crippen LogP contribution is 2.39. The first-order valence-corrected chi connectivity index (χ1v) is 9.97. The average molecular weight is 427 g/mol. The van der Waals surface area contributed by atoms with Crippen LogP contribution in [0.25, 0.3) is 5.76 Å². The molecule has 1 heterocycles. The number of ketones is 1. The molecule has 0 saturated carbocycles. The second kappa shape index (κ2) is 10.1. The lowest BCUT2D eigenvalue weighted by Gasteiger charge is -2.25. The molecule has 2 aromatic rings. The van der Waals surface area contributed by atoms with Gasteiger partial charge in [0.05, 0.1) is 38.0 Å². The van der Waals surface area contributed by atoms with E-state index in [9.17, 15) is 19.8 Å². The van der Waals surface area contributed by atoms with Crippen molar-refractivity contribution in [3.63, 3.8) is 0 Å². The minimum absolute atomic E-state index is 0.0398. The number of phenolic OH excluding ortho intramolecular Hbond substituents is 1. The van der Waals surface area contributed by atoms with E-state index in [2.05, 4.69) is 0 Å². The second-order valence-electron chi connectivity index (χ2n) is 6.88. The van der Waals surface area contributed by atoms with Crippen molar-refractivity contribution in [3.05, 3.63) is 65.2 Å². The van der Waals surface area contributed by atoms with Gasteiger partial charge >= 0.3 is 0 Å². The third-order valence-corrected chi connectivity index (χ3v) is 4.90. The summed E-state index contributed by atoms with van der Waals surface area (Å²) >= 11 is 0. The Morgan fingerprint density at radius 2 is 1.71 bits per heavy atom. The number of benzene rings is 2. The fraction of sp³-hybridized carbons (Fsp3) is 0.304. The van der Waals surface area contributed by atoms with Crippen LogP contribution in [-0.2, 0) is 14.3 Å². The molecule has 31 heavy (non-hydrogen) atoms. The normalized spacial score (nSPS) is 17.9. The molecule has 8 heteroatoms. The number of ether oxygens (including phenoxy) is 2. The molecule has 1 saturated heterocycles. The molecular weight excluding hydrogens is 402 g/mol. The van der Waals surface area contributed by atoms with Gasteiger partial charge in [-0.25, -0.2) is 0 Å². The monoisotopic (exact) mass is 427 g/mol. The number of phenols is 1. The number of rotatable bonds is 9. The van der Waals surface area contributed by atoms with Crippen LogP contribution in [0.2, 0.25) is 0 Å². The Morgan fingerprint density at radius 3 is 2.32 bits per heavy atom. The largest absolute Gasteiger partial charge is 0.508 e. The Bertz CT molecular complexity index is 951. The van der Waals surface area contributed by atoms with E-state index in [0.29, 0.717) is 23.5 Å². The Kier molecular flexibility index (Phi) is 7.28. The molecule has 1 atom stereocenters. The van der Waals surface area contributed by atoms with Crippen LogP contribution in [0.5, 0.6) is 11.5 Å². The van der Waals surface area contributed by atoms with E-state index >= 15 is 0 Å². The number of carbonyl (C=O) groups is 2. The maximum atomic E-state index is 12.9. The maximum absolute atomic E-state index is 12.9. The van der Waals surface area contributed by atoms with Crippen molar-refractivity contribution in [1.29, 1.82) is 0 Å². The molecule has 1 amide bonds. The van der Waals surface area contributed by atoms with E-state index in [-0.39, 0.29) is 43.4 Å². The first-order chi connectivity index (χ1) is 15.0. The van der Waals surface area contributed by atoms with Gasteiger partial charge in [-0.05, 0) is 48.9 Å². The molecule has 0 radical (unpaired) electrons. The molecule has 0 aromatic heterocycles. The van der Waals surface area contributed by atoms with Crippen molar-refractivity contribution in [2.45, 2.75) is 13.0 Å². The van der Waals surface area contributed by atoms with Gasteiger partial charge in [0.15, 0.2) is 0 Å². The van der Waals surface area contributed by atoms with Crippen LogP contribution in [0.1, 0.15) is 24.1 Å². The van der Waals surface area contributed by atoms with Gasteiger partial charge < -0.3 is 29.7 Å². The molecule has 0 bridgehead atoms. The third-order valence-electron chi connectivity index (χ3n) is 4.90. The van der Waals surface area contributed by atoms with E-state index < -0.39 is 17.7 Å². The Labute approximate surface area is 180 Å². The fourth-order valence-electron chi connectivity index (χ4n) is 3.47. The van der Waals surface area contributed by atoms with Crippen molar-refractivity contribution in [2.75, 3.05) is 33.0 Å². The molecule has 1 aliphatic rings. The molecule has 3 rings (SSSR count). The lowest BCUT2D eigenvalue weighted by Crippen LogP contribution is -2.33. The summed E-state index contributed by atoms with van der Waals surface area (Å²) in [5, 5.41) is 29.5. The number of carbonyl (C=O) groups excluding carboxylic acids is 2. The molecule has 1 aliphatic heterocycles. The van der Waals surface area contributed by atoms with Crippen LogP contribution in [0.15, 0.2) is 54.1 Å². The van der Waals surface area contributed by atoms with Crippen LogP contribution in [0.4, 0.5) is 0 Å². The lowest BCUT2D eigenvalue weighted by atomic mass is 9.95. The van der Waals surface area contributed by atoms with Crippen molar-refractivity contribution in [3.8, 4) is 11.5 Å². The van der Waals surface area contributed by atoms with Gasteiger partial charge in [0.1, 0.15) is 17.3 Å². The number of nitrogens with zero attached hydrogens (tertiary/aromatic N) is 1. The van der Waals surface area contributed by atoms with Crippen molar-refractivity contribution >= 4 is 17.4 Å². The van der Waals surface area contributed by atoms with Gasteiger partial charge in [0.2, 0.25) is 0 Å². The molecule has 0 aliphatic carbocycles. The van der Waals surface area contributed by atoms with Gasteiger partial charge in [-0.15, -0.1) is 0 Å². The summed E-state index contributed by atoms with van der Waals surface area (Å²) in [6.45, 7) is 2.52. The molecule has 1 unspecified atom stereocenters. The van der Waals surface area contributed by atoms with Crippen molar-refractivity contribution < 1.29 is 34.4 Å². The maximum Gasteiger partial charge on any atom is 0.295 e. The summed E-state index contributed by atoms with van der Waals surface area (Å²) in [5.41, 5.74) is 0.899. The standard InChI is InChI=1S/C23H25NO7/c1-2-31-18-9-5-16(6-10-18)21(27)19-20(15-3-7-17(26)8-4-15)24(23(29)22(19)28)11-13-30-14-12-25/h3-10,20,25-27H,2,11-14H2,1H3/b21-19-. The summed E-state index contributed by atoms with van der Waals surface area (Å²) in [5.74, 6) is -1.18. The van der Waals surface area contributed by atoms with Crippen LogP contribution < -0.4 is 4.74 Å². The highest BCUT2D eigenvalue weighted by atomic mass is 16.5. The average Bonchev–Trinajstić information content (AvgIpc) is 3.02. The molecule has 2 aromatic carbocycles. The number of hydrogen-bond donors (Lipinski definition) is 3. The van der Waals surface area contributed by atoms with E-state index in [1.165, 1.54) is 17.0 Å². The van der Waals surface area contributed by atoms with E-state index in [0.717, 1.165) is 0 Å². The number of amides is 1. The van der Waals surface area contributed by atoms with E-state index in [1.54, 1.807) is 36.4 Å². The van der Waals surface area contributed by atoms with Gasteiger partial charge in [-0.2, -0.15) is 0 Å². The zero-order chi connectivity index (χ0) is 22.4. The predicted octanol–water partition coefficient (Wildman–Crippen LogP) is 2.22.